The fourth-order valence-corrected chi connectivity index (χ4v) is 5.33. The number of amides is 1. The molecule has 1 aliphatic heterocycles. The van der Waals surface area contributed by atoms with Crippen LogP contribution in [0.15, 0.2) is 42.7 Å². The van der Waals surface area contributed by atoms with Crippen LogP contribution in [0.3, 0.4) is 0 Å². The van der Waals surface area contributed by atoms with Gasteiger partial charge in [0.2, 0.25) is 0 Å². The number of nitrogens with zero attached hydrogens (tertiary/aromatic N) is 3. The number of morpholine rings is 1. The summed E-state index contributed by atoms with van der Waals surface area (Å²) in [7, 11) is 1.97. The highest BCUT2D eigenvalue weighted by Crippen LogP contribution is 2.37. The molecule has 0 bridgehead atoms. The fraction of sp³-hybridized carbons (Fsp3) is 0.273. The predicted octanol–water partition coefficient (Wildman–Crippen LogP) is 3.60. The van der Waals surface area contributed by atoms with Crippen LogP contribution < -0.4 is 5.73 Å². The molecule has 5 rings (SSSR count). The number of aryl methyl sites for hydroxylation is 1. The average Bonchev–Trinajstić information content (AvgIpc) is 3.26. The molecule has 6 nitrogen and oxygen atoms in total. The van der Waals surface area contributed by atoms with Gasteiger partial charge in [0.15, 0.2) is 0 Å². The van der Waals surface area contributed by atoms with Gasteiger partial charge in [0.1, 0.15) is 15.5 Å². The normalized spacial score (nSPS) is 17.7. The first-order valence-electron chi connectivity index (χ1n) is 9.76. The average molecular weight is 425 g/mol. The van der Waals surface area contributed by atoms with Gasteiger partial charge in [-0.2, -0.15) is 0 Å². The van der Waals surface area contributed by atoms with Crippen molar-refractivity contribution in [3.63, 3.8) is 0 Å². The molecule has 2 N–H and O–H groups in total. The Morgan fingerprint density at radius 2 is 2.23 bits per heavy atom. The molecule has 1 aliphatic rings. The summed E-state index contributed by atoms with van der Waals surface area (Å²) in [5, 5.41) is 1.83. The van der Waals surface area contributed by atoms with E-state index >= 15 is 0 Å². The summed E-state index contributed by atoms with van der Waals surface area (Å²) >= 11 is 1.31. The Morgan fingerprint density at radius 1 is 1.37 bits per heavy atom. The van der Waals surface area contributed by atoms with E-state index in [1.165, 1.54) is 17.4 Å². The maximum atomic E-state index is 13.8. The third kappa shape index (κ3) is 3.27. The van der Waals surface area contributed by atoms with E-state index < -0.39 is 5.91 Å². The standard InChI is InChI=1S/C22H21FN4O2S/c1-26-10-13(16-9-14(23)4-5-17(16)26)11-27-7-8-29-18(12-27)19-15-3-2-6-25-22(15)30-20(19)21(24)28/h2-6,9-10,18H,7-8,11-12H2,1H3,(H2,24,28). The zero-order valence-corrected chi connectivity index (χ0v) is 17.3. The molecule has 30 heavy (non-hydrogen) atoms. The quantitative estimate of drug-likeness (QED) is 0.543. The van der Waals surface area contributed by atoms with Crippen LogP contribution >= 0.6 is 11.3 Å². The number of carbonyl (C=O) groups is 1. The molecule has 4 aromatic rings. The Labute approximate surface area is 176 Å². The van der Waals surface area contributed by atoms with Crippen LogP contribution in [0, 0.1) is 5.82 Å². The summed E-state index contributed by atoms with van der Waals surface area (Å²) in [4.78, 5) is 20.0. The van der Waals surface area contributed by atoms with Crippen LogP contribution in [0.4, 0.5) is 4.39 Å². The molecule has 0 spiro atoms. The molecule has 8 heteroatoms. The zero-order valence-electron chi connectivity index (χ0n) is 16.5. The number of aromatic nitrogens is 2. The Balaban J connectivity index is 1.47. The topological polar surface area (TPSA) is 73.4 Å². The van der Waals surface area contributed by atoms with Gasteiger partial charge in [-0.15, -0.1) is 11.3 Å². The molecule has 1 saturated heterocycles. The SMILES string of the molecule is Cn1cc(CN2CCOC(c3c(C(N)=O)sc4ncccc34)C2)c2cc(F)ccc21. The van der Waals surface area contributed by atoms with Gasteiger partial charge in [0.25, 0.3) is 5.91 Å². The monoisotopic (exact) mass is 424 g/mol. The van der Waals surface area contributed by atoms with Crippen molar-refractivity contribution in [1.29, 1.82) is 0 Å². The van der Waals surface area contributed by atoms with Crippen LogP contribution in [0.1, 0.15) is 26.9 Å². The number of fused-ring (bicyclic) bond motifs is 2. The molecule has 3 aromatic heterocycles. The minimum absolute atomic E-state index is 0.238. The number of rotatable bonds is 4. The van der Waals surface area contributed by atoms with Gasteiger partial charge in [0, 0.05) is 60.9 Å². The maximum Gasteiger partial charge on any atom is 0.259 e. The van der Waals surface area contributed by atoms with Crippen LogP contribution in [-0.2, 0) is 18.3 Å². The Morgan fingerprint density at radius 3 is 3.07 bits per heavy atom. The lowest BCUT2D eigenvalue weighted by Crippen LogP contribution is -2.38. The van der Waals surface area contributed by atoms with E-state index in [-0.39, 0.29) is 11.9 Å². The molecule has 1 unspecified atom stereocenters. The second-order valence-electron chi connectivity index (χ2n) is 7.59. The molecular weight excluding hydrogens is 403 g/mol. The molecule has 1 fully saturated rings. The Kier molecular flexibility index (Phi) is 4.77. The number of hydrogen-bond acceptors (Lipinski definition) is 5. The first kappa shape index (κ1) is 19.2. The van der Waals surface area contributed by atoms with Crippen LogP contribution in [0.25, 0.3) is 21.1 Å². The lowest BCUT2D eigenvalue weighted by atomic mass is 10.0. The highest BCUT2D eigenvalue weighted by molar-refractivity contribution is 7.20. The van der Waals surface area contributed by atoms with E-state index in [0.717, 1.165) is 38.8 Å². The summed E-state index contributed by atoms with van der Waals surface area (Å²) in [6.45, 7) is 2.59. The number of nitrogens with two attached hydrogens (primary N) is 1. The number of carbonyl (C=O) groups excluding carboxylic acids is 1. The number of thiophene rings is 1. The molecular formula is C22H21FN4O2S. The number of ether oxygens (including phenoxy) is 1. The smallest absolute Gasteiger partial charge is 0.259 e. The number of halogens is 1. The second kappa shape index (κ2) is 7.46. The lowest BCUT2D eigenvalue weighted by Gasteiger charge is -2.33. The van der Waals surface area contributed by atoms with E-state index in [9.17, 15) is 9.18 Å². The van der Waals surface area contributed by atoms with Gasteiger partial charge in [-0.1, -0.05) is 6.07 Å². The highest BCUT2D eigenvalue weighted by atomic mass is 32.1. The number of benzene rings is 1. The molecule has 0 aliphatic carbocycles. The molecule has 0 radical (unpaired) electrons. The van der Waals surface area contributed by atoms with Crippen molar-refractivity contribution in [2.45, 2.75) is 12.6 Å². The van der Waals surface area contributed by atoms with Crippen molar-refractivity contribution in [1.82, 2.24) is 14.5 Å². The molecule has 154 valence electrons. The first-order chi connectivity index (χ1) is 14.5. The molecule has 1 atom stereocenters. The van der Waals surface area contributed by atoms with Crippen molar-refractivity contribution in [2.75, 3.05) is 19.7 Å². The summed E-state index contributed by atoms with van der Waals surface area (Å²) in [5.74, 6) is -0.698. The summed E-state index contributed by atoms with van der Waals surface area (Å²) in [6, 6.07) is 8.69. The zero-order chi connectivity index (χ0) is 20.8. The van der Waals surface area contributed by atoms with Crippen molar-refractivity contribution in [3.05, 3.63) is 64.5 Å². The number of hydrogen-bond donors (Lipinski definition) is 1. The van der Waals surface area contributed by atoms with Crippen molar-refractivity contribution in [2.24, 2.45) is 12.8 Å². The fourth-order valence-electron chi connectivity index (χ4n) is 4.29. The van der Waals surface area contributed by atoms with Crippen molar-refractivity contribution < 1.29 is 13.9 Å². The van der Waals surface area contributed by atoms with Crippen molar-refractivity contribution in [3.8, 4) is 0 Å². The first-order valence-corrected chi connectivity index (χ1v) is 10.6. The Bertz CT molecular complexity index is 1260. The van der Waals surface area contributed by atoms with Crippen LogP contribution in [-0.4, -0.2) is 40.1 Å². The van der Waals surface area contributed by atoms with Gasteiger partial charge in [0.05, 0.1) is 12.7 Å². The van der Waals surface area contributed by atoms with E-state index in [2.05, 4.69) is 9.88 Å². The van der Waals surface area contributed by atoms with Gasteiger partial charge < -0.3 is 15.0 Å². The Hall–Kier alpha value is -2.81. The van der Waals surface area contributed by atoms with Crippen LogP contribution in [0.5, 0.6) is 0 Å². The lowest BCUT2D eigenvalue weighted by molar-refractivity contribution is -0.0321. The second-order valence-corrected chi connectivity index (χ2v) is 8.59. The van der Waals surface area contributed by atoms with E-state index in [0.29, 0.717) is 24.6 Å². The van der Waals surface area contributed by atoms with Crippen LogP contribution in [0.2, 0.25) is 0 Å². The highest BCUT2D eigenvalue weighted by Gasteiger charge is 2.29. The van der Waals surface area contributed by atoms with Crippen molar-refractivity contribution >= 4 is 38.4 Å². The van der Waals surface area contributed by atoms with Gasteiger partial charge in [-0.25, -0.2) is 9.37 Å². The molecule has 0 saturated carbocycles. The molecule has 1 aromatic carbocycles. The predicted molar refractivity (Wildman–Crippen MR) is 115 cm³/mol. The minimum Gasteiger partial charge on any atom is -0.371 e. The third-order valence-corrected chi connectivity index (χ3v) is 6.77. The summed E-state index contributed by atoms with van der Waals surface area (Å²) in [5.41, 5.74) is 8.55. The van der Waals surface area contributed by atoms with Gasteiger partial charge in [-0.05, 0) is 29.8 Å². The third-order valence-electron chi connectivity index (χ3n) is 5.63. The largest absolute Gasteiger partial charge is 0.371 e. The molecule has 4 heterocycles. The van der Waals surface area contributed by atoms with E-state index in [4.69, 9.17) is 10.5 Å². The van der Waals surface area contributed by atoms with E-state index in [1.807, 2.05) is 29.9 Å². The van der Waals surface area contributed by atoms with Gasteiger partial charge >= 0.3 is 0 Å². The summed E-state index contributed by atoms with van der Waals surface area (Å²) in [6.07, 6.45) is 3.49. The van der Waals surface area contributed by atoms with E-state index in [1.54, 1.807) is 18.3 Å². The van der Waals surface area contributed by atoms with Gasteiger partial charge in [-0.3, -0.25) is 9.69 Å². The summed E-state index contributed by atoms with van der Waals surface area (Å²) < 4.78 is 21.9. The minimum atomic E-state index is -0.460. The molecule has 1 amide bonds. The maximum absolute atomic E-state index is 13.8. The number of primary amides is 1. The number of pyridine rings is 1.